The molecule has 1 unspecified atom stereocenters. The first-order valence-corrected chi connectivity index (χ1v) is 3.89. The fourth-order valence-corrected chi connectivity index (χ4v) is 1.37. The number of amides is 1. The molecule has 1 aliphatic rings. The number of carbonyl (C=O) groups is 1. The summed E-state index contributed by atoms with van der Waals surface area (Å²) in [5.41, 5.74) is 5.23. The standard InChI is InChI=1S/C7H15N3O/c1-8-9-7(11)6-3-4-10(2)5-6/h6,8H,3-5H2,1-2H3,(H,9,11). The molecule has 4 heteroatoms. The van der Waals surface area contributed by atoms with Crippen molar-refractivity contribution in [3.63, 3.8) is 0 Å². The van der Waals surface area contributed by atoms with Gasteiger partial charge in [-0.25, -0.2) is 5.43 Å². The molecule has 0 aliphatic carbocycles. The van der Waals surface area contributed by atoms with Crippen LogP contribution in [0, 0.1) is 5.92 Å². The number of carbonyl (C=O) groups excluding carboxylic acids is 1. The third-order valence-electron chi connectivity index (χ3n) is 2.01. The zero-order valence-corrected chi connectivity index (χ0v) is 7.05. The number of nitrogens with one attached hydrogen (secondary N) is 2. The summed E-state index contributed by atoms with van der Waals surface area (Å²) < 4.78 is 0. The van der Waals surface area contributed by atoms with Gasteiger partial charge in [0.25, 0.3) is 0 Å². The summed E-state index contributed by atoms with van der Waals surface area (Å²) in [6, 6.07) is 0. The summed E-state index contributed by atoms with van der Waals surface area (Å²) in [5, 5.41) is 0. The quantitative estimate of drug-likeness (QED) is 0.515. The van der Waals surface area contributed by atoms with Crippen LogP contribution in [0.5, 0.6) is 0 Å². The minimum absolute atomic E-state index is 0.108. The lowest BCUT2D eigenvalue weighted by Gasteiger charge is -2.09. The van der Waals surface area contributed by atoms with Crippen molar-refractivity contribution in [2.45, 2.75) is 6.42 Å². The molecule has 64 valence electrons. The van der Waals surface area contributed by atoms with E-state index in [9.17, 15) is 4.79 Å². The van der Waals surface area contributed by atoms with Gasteiger partial charge in [-0.1, -0.05) is 0 Å². The fourth-order valence-electron chi connectivity index (χ4n) is 1.37. The van der Waals surface area contributed by atoms with Gasteiger partial charge in [0.1, 0.15) is 0 Å². The Labute approximate surface area is 66.9 Å². The van der Waals surface area contributed by atoms with Gasteiger partial charge in [-0.2, -0.15) is 0 Å². The zero-order chi connectivity index (χ0) is 8.27. The smallest absolute Gasteiger partial charge is 0.238 e. The Balaban J connectivity index is 2.31. The Kier molecular flexibility index (Phi) is 2.84. The molecule has 0 aromatic carbocycles. The summed E-state index contributed by atoms with van der Waals surface area (Å²) in [5.74, 6) is 0.282. The van der Waals surface area contributed by atoms with E-state index in [2.05, 4.69) is 15.8 Å². The molecule has 1 amide bonds. The maximum atomic E-state index is 11.2. The minimum atomic E-state index is 0.108. The summed E-state index contributed by atoms with van der Waals surface area (Å²) in [7, 11) is 3.74. The third-order valence-corrected chi connectivity index (χ3v) is 2.01. The van der Waals surface area contributed by atoms with Crippen LogP contribution in [0.15, 0.2) is 0 Å². The Morgan fingerprint density at radius 1 is 1.64 bits per heavy atom. The van der Waals surface area contributed by atoms with E-state index in [1.165, 1.54) is 0 Å². The van der Waals surface area contributed by atoms with Crippen molar-refractivity contribution in [3.05, 3.63) is 0 Å². The summed E-state index contributed by atoms with van der Waals surface area (Å²) in [6.45, 7) is 1.91. The first-order chi connectivity index (χ1) is 5.24. The molecule has 0 aromatic rings. The molecular formula is C7H15N3O. The SMILES string of the molecule is CNNC(=O)C1CCN(C)C1. The Morgan fingerprint density at radius 3 is 2.82 bits per heavy atom. The number of nitrogens with zero attached hydrogens (tertiary/aromatic N) is 1. The Hall–Kier alpha value is -0.610. The van der Waals surface area contributed by atoms with Crippen LogP contribution in [0.4, 0.5) is 0 Å². The van der Waals surface area contributed by atoms with E-state index in [0.29, 0.717) is 0 Å². The van der Waals surface area contributed by atoms with Crippen molar-refractivity contribution < 1.29 is 4.79 Å². The largest absolute Gasteiger partial charge is 0.306 e. The van der Waals surface area contributed by atoms with Crippen molar-refractivity contribution in [1.29, 1.82) is 0 Å². The summed E-state index contributed by atoms with van der Waals surface area (Å²) >= 11 is 0. The topological polar surface area (TPSA) is 44.4 Å². The Bertz CT molecular complexity index is 149. The van der Waals surface area contributed by atoms with Crippen molar-refractivity contribution in [3.8, 4) is 0 Å². The van der Waals surface area contributed by atoms with Crippen LogP contribution in [0.25, 0.3) is 0 Å². The number of hydrogen-bond acceptors (Lipinski definition) is 3. The molecule has 1 aliphatic heterocycles. The van der Waals surface area contributed by atoms with Crippen LogP contribution in [0.3, 0.4) is 0 Å². The average molecular weight is 157 g/mol. The van der Waals surface area contributed by atoms with E-state index < -0.39 is 0 Å². The minimum Gasteiger partial charge on any atom is -0.306 e. The molecule has 0 radical (unpaired) electrons. The molecule has 0 bridgehead atoms. The lowest BCUT2D eigenvalue weighted by Crippen LogP contribution is -2.39. The fraction of sp³-hybridized carbons (Fsp3) is 0.857. The molecule has 4 nitrogen and oxygen atoms in total. The highest BCUT2D eigenvalue weighted by molar-refractivity contribution is 5.78. The van der Waals surface area contributed by atoms with Crippen LogP contribution in [-0.4, -0.2) is 38.0 Å². The molecule has 11 heavy (non-hydrogen) atoms. The van der Waals surface area contributed by atoms with Crippen LogP contribution in [-0.2, 0) is 4.79 Å². The van der Waals surface area contributed by atoms with Crippen LogP contribution < -0.4 is 10.9 Å². The van der Waals surface area contributed by atoms with Crippen molar-refractivity contribution in [1.82, 2.24) is 15.8 Å². The maximum absolute atomic E-state index is 11.2. The van der Waals surface area contributed by atoms with E-state index >= 15 is 0 Å². The average Bonchev–Trinajstić information content (AvgIpc) is 2.36. The van der Waals surface area contributed by atoms with Crippen LogP contribution in [0.2, 0.25) is 0 Å². The van der Waals surface area contributed by atoms with E-state index in [-0.39, 0.29) is 11.8 Å². The van der Waals surface area contributed by atoms with E-state index in [0.717, 1.165) is 19.5 Å². The van der Waals surface area contributed by atoms with Gasteiger partial charge in [0.15, 0.2) is 0 Å². The van der Waals surface area contributed by atoms with E-state index in [1.807, 2.05) is 7.05 Å². The highest BCUT2D eigenvalue weighted by Crippen LogP contribution is 2.13. The van der Waals surface area contributed by atoms with Crippen molar-refractivity contribution >= 4 is 5.91 Å². The number of hydrazine groups is 1. The second-order valence-electron chi connectivity index (χ2n) is 2.99. The monoisotopic (exact) mass is 157 g/mol. The van der Waals surface area contributed by atoms with Gasteiger partial charge >= 0.3 is 0 Å². The molecule has 1 heterocycles. The second-order valence-corrected chi connectivity index (χ2v) is 2.99. The molecule has 1 rings (SSSR count). The number of rotatable bonds is 2. The van der Waals surface area contributed by atoms with Gasteiger partial charge in [-0.05, 0) is 20.0 Å². The molecule has 1 saturated heterocycles. The third kappa shape index (κ3) is 2.17. The van der Waals surface area contributed by atoms with E-state index in [4.69, 9.17) is 0 Å². The van der Waals surface area contributed by atoms with Crippen LogP contribution in [0.1, 0.15) is 6.42 Å². The van der Waals surface area contributed by atoms with Gasteiger partial charge in [0, 0.05) is 13.6 Å². The van der Waals surface area contributed by atoms with Crippen molar-refractivity contribution in [2.75, 3.05) is 27.2 Å². The predicted octanol–water partition coefficient (Wildman–Crippen LogP) is -0.811. The predicted molar refractivity (Wildman–Crippen MR) is 42.8 cm³/mol. The van der Waals surface area contributed by atoms with Gasteiger partial charge in [-0.3, -0.25) is 10.2 Å². The van der Waals surface area contributed by atoms with Gasteiger partial charge in [0.2, 0.25) is 5.91 Å². The number of hydrogen-bond donors (Lipinski definition) is 2. The molecule has 2 N–H and O–H groups in total. The molecular weight excluding hydrogens is 142 g/mol. The normalized spacial score (nSPS) is 25.5. The molecule has 1 fully saturated rings. The van der Waals surface area contributed by atoms with Gasteiger partial charge < -0.3 is 4.90 Å². The van der Waals surface area contributed by atoms with Gasteiger partial charge in [0.05, 0.1) is 5.92 Å². The van der Waals surface area contributed by atoms with Crippen molar-refractivity contribution in [2.24, 2.45) is 5.92 Å². The second kappa shape index (κ2) is 3.69. The first kappa shape index (κ1) is 8.49. The molecule has 0 spiro atoms. The Morgan fingerprint density at radius 2 is 2.36 bits per heavy atom. The van der Waals surface area contributed by atoms with E-state index in [1.54, 1.807) is 7.05 Å². The van der Waals surface area contributed by atoms with Gasteiger partial charge in [-0.15, -0.1) is 0 Å². The highest BCUT2D eigenvalue weighted by atomic mass is 16.2. The molecule has 0 saturated carbocycles. The lowest BCUT2D eigenvalue weighted by molar-refractivity contribution is -0.125. The molecule has 1 atom stereocenters. The number of likely N-dealkylation sites (tertiary alicyclic amines) is 1. The summed E-state index contributed by atoms with van der Waals surface area (Å²) in [6.07, 6.45) is 0.976. The first-order valence-electron chi connectivity index (χ1n) is 3.89. The summed E-state index contributed by atoms with van der Waals surface area (Å²) in [4.78, 5) is 13.4. The van der Waals surface area contributed by atoms with Crippen LogP contribution >= 0.6 is 0 Å². The maximum Gasteiger partial charge on any atom is 0.238 e. The highest BCUT2D eigenvalue weighted by Gasteiger charge is 2.25. The molecule has 0 aromatic heterocycles. The lowest BCUT2D eigenvalue weighted by atomic mass is 10.1. The zero-order valence-electron chi connectivity index (χ0n) is 7.05.